The number of fused-ring (bicyclic) bond motifs is 1. The van der Waals surface area contributed by atoms with Crippen molar-refractivity contribution in [1.29, 1.82) is 0 Å². The zero-order chi connectivity index (χ0) is 25.9. The van der Waals surface area contributed by atoms with E-state index in [0.717, 1.165) is 0 Å². The zero-order valence-corrected chi connectivity index (χ0v) is 21.8. The lowest BCUT2D eigenvalue weighted by Crippen LogP contribution is -2.62. The van der Waals surface area contributed by atoms with E-state index in [1.165, 1.54) is 4.90 Å². The van der Waals surface area contributed by atoms with Gasteiger partial charge in [0.1, 0.15) is 11.6 Å². The number of amides is 2. The van der Waals surface area contributed by atoms with Crippen LogP contribution < -0.4 is 0 Å². The highest BCUT2D eigenvalue weighted by Crippen LogP contribution is 2.63. The molecule has 3 fully saturated rings. The number of rotatable bonds is 9. The largest absolute Gasteiger partial charge is 0.481 e. The lowest BCUT2D eigenvalue weighted by atomic mass is 9.66. The molecule has 0 aliphatic carbocycles. The molecular formula is C26H42N2O6. The number of aliphatic carboxylic acids is 1. The van der Waals surface area contributed by atoms with Crippen molar-refractivity contribution in [3.8, 4) is 0 Å². The number of aliphatic hydroxyl groups is 1. The van der Waals surface area contributed by atoms with E-state index in [1.807, 2.05) is 20.8 Å². The van der Waals surface area contributed by atoms with Crippen LogP contribution in [0.3, 0.4) is 0 Å². The standard InChI is InChI=1S/C26H42N2O6/c1-9-13-27(24(6,7)15-23(3,4)5)21(31)19-26-12-11-25(8,34-26)18(22(32)33)17(26)20(30)28(19)16(10-2)14-29/h9,16-19,29H,1,10-15H2,2-8H3,(H,32,33)/t16-,17-,18+,19?,25-,26?/m0/s1. The Morgan fingerprint density at radius 3 is 2.38 bits per heavy atom. The van der Waals surface area contributed by atoms with Crippen molar-refractivity contribution < 1.29 is 29.3 Å². The van der Waals surface area contributed by atoms with Crippen LogP contribution in [-0.4, -0.2) is 79.8 Å². The average molecular weight is 479 g/mol. The van der Waals surface area contributed by atoms with Gasteiger partial charge in [-0.2, -0.15) is 0 Å². The van der Waals surface area contributed by atoms with Crippen LogP contribution in [0.2, 0.25) is 0 Å². The molecule has 8 nitrogen and oxygen atoms in total. The first-order chi connectivity index (χ1) is 15.6. The first-order valence-corrected chi connectivity index (χ1v) is 12.4. The highest BCUT2D eigenvalue weighted by atomic mass is 16.5. The molecule has 1 spiro atoms. The Balaban J connectivity index is 2.15. The third kappa shape index (κ3) is 3.96. The molecule has 0 aromatic heterocycles. The number of likely N-dealkylation sites (tertiary alicyclic amines) is 1. The Bertz CT molecular complexity index is 860. The summed E-state index contributed by atoms with van der Waals surface area (Å²) in [5, 5.41) is 20.2. The lowest BCUT2D eigenvalue weighted by Gasteiger charge is -2.46. The van der Waals surface area contributed by atoms with Gasteiger partial charge in [-0.15, -0.1) is 6.58 Å². The summed E-state index contributed by atoms with van der Waals surface area (Å²) >= 11 is 0. The molecular weight excluding hydrogens is 436 g/mol. The number of carbonyl (C=O) groups is 3. The summed E-state index contributed by atoms with van der Waals surface area (Å²) in [5.74, 6) is -3.73. The Hall–Kier alpha value is -1.93. The van der Waals surface area contributed by atoms with E-state index in [4.69, 9.17) is 4.74 Å². The fourth-order valence-electron chi connectivity index (χ4n) is 7.13. The molecule has 2 unspecified atom stereocenters. The van der Waals surface area contributed by atoms with E-state index >= 15 is 0 Å². The van der Waals surface area contributed by atoms with Gasteiger partial charge in [0.25, 0.3) is 0 Å². The van der Waals surface area contributed by atoms with Crippen LogP contribution in [0.5, 0.6) is 0 Å². The molecule has 0 aromatic carbocycles. The van der Waals surface area contributed by atoms with E-state index in [1.54, 1.807) is 17.9 Å². The number of aliphatic hydroxyl groups excluding tert-OH is 1. The molecule has 0 radical (unpaired) electrons. The number of carboxylic acid groups (broad SMARTS) is 1. The van der Waals surface area contributed by atoms with E-state index in [-0.39, 0.29) is 24.5 Å². The van der Waals surface area contributed by atoms with Crippen LogP contribution >= 0.6 is 0 Å². The van der Waals surface area contributed by atoms with Crippen molar-refractivity contribution in [3.05, 3.63) is 12.7 Å². The van der Waals surface area contributed by atoms with E-state index < -0.39 is 52.5 Å². The van der Waals surface area contributed by atoms with Crippen molar-refractivity contribution in [2.75, 3.05) is 13.2 Å². The Kier molecular flexibility index (Phi) is 6.77. The van der Waals surface area contributed by atoms with Crippen molar-refractivity contribution in [1.82, 2.24) is 9.80 Å². The number of hydrogen-bond acceptors (Lipinski definition) is 5. The normalized spacial score (nSPS) is 33.7. The predicted octanol–water partition coefficient (Wildman–Crippen LogP) is 2.84. The summed E-state index contributed by atoms with van der Waals surface area (Å²) in [6.07, 6.45) is 3.73. The molecule has 192 valence electrons. The van der Waals surface area contributed by atoms with Crippen LogP contribution in [-0.2, 0) is 19.1 Å². The van der Waals surface area contributed by atoms with Gasteiger partial charge >= 0.3 is 5.97 Å². The Morgan fingerprint density at radius 1 is 1.29 bits per heavy atom. The molecule has 34 heavy (non-hydrogen) atoms. The Labute approximate surface area is 203 Å². The number of hydrogen-bond donors (Lipinski definition) is 2. The smallest absolute Gasteiger partial charge is 0.310 e. The first kappa shape index (κ1) is 26.7. The molecule has 8 heteroatoms. The average Bonchev–Trinajstić information content (AvgIpc) is 3.26. The predicted molar refractivity (Wildman–Crippen MR) is 128 cm³/mol. The maximum Gasteiger partial charge on any atom is 0.310 e. The quantitative estimate of drug-likeness (QED) is 0.494. The highest BCUT2D eigenvalue weighted by molar-refractivity contribution is 5.98. The maximum absolute atomic E-state index is 14.4. The van der Waals surface area contributed by atoms with Crippen LogP contribution in [0.1, 0.15) is 74.1 Å². The summed E-state index contributed by atoms with van der Waals surface area (Å²) in [6, 6.07) is -1.59. The van der Waals surface area contributed by atoms with Gasteiger partial charge in [-0.3, -0.25) is 14.4 Å². The van der Waals surface area contributed by atoms with Gasteiger partial charge in [-0.1, -0.05) is 33.8 Å². The van der Waals surface area contributed by atoms with Crippen molar-refractivity contribution in [2.24, 2.45) is 17.3 Å². The zero-order valence-electron chi connectivity index (χ0n) is 21.8. The van der Waals surface area contributed by atoms with Gasteiger partial charge in [0, 0.05) is 12.1 Å². The van der Waals surface area contributed by atoms with Crippen LogP contribution in [0.25, 0.3) is 0 Å². The molecule has 3 aliphatic rings. The van der Waals surface area contributed by atoms with Crippen LogP contribution in [0.15, 0.2) is 12.7 Å². The third-order valence-corrected chi connectivity index (χ3v) is 8.06. The van der Waals surface area contributed by atoms with E-state index in [0.29, 0.717) is 25.7 Å². The van der Waals surface area contributed by atoms with E-state index in [9.17, 15) is 24.6 Å². The number of carbonyl (C=O) groups excluding carboxylic acids is 2. The second-order valence-electron chi connectivity index (χ2n) is 12.3. The third-order valence-electron chi connectivity index (χ3n) is 8.06. The molecule has 2 N–H and O–H groups in total. The summed E-state index contributed by atoms with van der Waals surface area (Å²) < 4.78 is 6.46. The van der Waals surface area contributed by atoms with Crippen LogP contribution in [0.4, 0.5) is 0 Å². The maximum atomic E-state index is 14.4. The second kappa shape index (κ2) is 8.63. The summed E-state index contributed by atoms with van der Waals surface area (Å²) in [7, 11) is 0. The van der Waals surface area contributed by atoms with Crippen molar-refractivity contribution in [3.63, 3.8) is 0 Å². The molecule has 2 bridgehead atoms. The molecule has 3 aliphatic heterocycles. The fourth-order valence-corrected chi connectivity index (χ4v) is 7.13. The monoisotopic (exact) mass is 478 g/mol. The molecule has 0 aromatic rings. The summed E-state index contributed by atoms with van der Waals surface area (Å²) in [5.41, 5.74) is -2.83. The van der Waals surface area contributed by atoms with Gasteiger partial charge < -0.3 is 24.7 Å². The molecule has 0 saturated carbocycles. The van der Waals surface area contributed by atoms with Gasteiger partial charge in [0.05, 0.1) is 30.1 Å². The fraction of sp³-hybridized carbons (Fsp3) is 0.808. The van der Waals surface area contributed by atoms with E-state index in [2.05, 4.69) is 27.4 Å². The molecule has 3 rings (SSSR count). The number of carboxylic acids is 1. The number of nitrogens with zero attached hydrogens (tertiary/aromatic N) is 2. The SMILES string of the molecule is C=CCN(C(=O)C1N([C@@H](CC)CO)C(=O)[C@@H]2[C@H](C(=O)O)[C@]3(C)CCC12O3)C(C)(C)CC(C)(C)C. The first-order valence-electron chi connectivity index (χ1n) is 12.4. The molecule has 3 heterocycles. The lowest BCUT2D eigenvalue weighted by molar-refractivity contribution is -0.161. The topological polar surface area (TPSA) is 107 Å². The summed E-state index contributed by atoms with van der Waals surface area (Å²) in [4.78, 5) is 43.8. The molecule has 3 saturated heterocycles. The molecule has 2 amide bonds. The van der Waals surface area contributed by atoms with Gasteiger partial charge in [-0.25, -0.2) is 0 Å². The van der Waals surface area contributed by atoms with Gasteiger partial charge in [0.2, 0.25) is 11.8 Å². The molecule has 6 atom stereocenters. The van der Waals surface area contributed by atoms with Crippen LogP contribution in [0, 0.1) is 17.3 Å². The minimum atomic E-state index is -1.22. The summed E-state index contributed by atoms with van der Waals surface area (Å²) in [6.45, 7) is 17.8. The van der Waals surface area contributed by atoms with Crippen molar-refractivity contribution in [2.45, 2.75) is 103 Å². The van der Waals surface area contributed by atoms with Gasteiger partial charge in [-0.05, 0) is 51.9 Å². The minimum absolute atomic E-state index is 0.0591. The van der Waals surface area contributed by atoms with Crippen molar-refractivity contribution >= 4 is 17.8 Å². The number of ether oxygens (including phenoxy) is 1. The highest BCUT2D eigenvalue weighted by Gasteiger charge is 2.79. The Morgan fingerprint density at radius 2 is 1.91 bits per heavy atom. The van der Waals surface area contributed by atoms with Gasteiger partial charge in [0.15, 0.2) is 0 Å². The minimum Gasteiger partial charge on any atom is -0.481 e. The second-order valence-corrected chi connectivity index (χ2v) is 12.3.